The minimum absolute atomic E-state index is 0.113. The van der Waals surface area contributed by atoms with Crippen molar-refractivity contribution in [1.29, 1.82) is 0 Å². The summed E-state index contributed by atoms with van der Waals surface area (Å²) in [5, 5.41) is 9.35. The van der Waals surface area contributed by atoms with Crippen molar-refractivity contribution < 1.29 is 32.2 Å². The SMILES string of the molecule is NC(=O)[C@@H](Nc1cncc(F)c1CC[C@@H]1CNC(COC(=O)NC2(c3ccccn3)CC2)CO1)C(c1ccc(F)cc1)c1ccc(F)cc1. The molecule has 5 N–H and O–H groups in total. The Morgan fingerprint density at radius 3 is 2.27 bits per heavy atom. The second-order valence-corrected chi connectivity index (χ2v) is 12.4. The Labute approximate surface area is 281 Å². The fraction of sp³-hybridized carbons (Fsp3) is 0.333. The molecule has 0 bridgehead atoms. The third kappa shape index (κ3) is 8.35. The van der Waals surface area contributed by atoms with Crippen LogP contribution in [-0.4, -0.2) is 59.9 Å². The average molecular weight is 675 g/mol. The van der Waals surface area contributed by atoms with E-state index < -0.39 is 47.0 Å². The number of anilines is 1. The molecular weight excluding hydrogens is 637 g/mol. The highest BCUT2D eigenvalue weighted by Gasteiger charge is 2.47. The third-order valence-corrected chi connectivity index (χ3v) is 8.96. The zero-order valence-corrected chi connectivity index (χ0v) is 26.6. The fourth-order valence-electron chi connectivity index (χ4n) is 6.13. The number of nitrogens with one attached hydrogen (secondary N) is 3. The molecule has 10 nitrogen and oxygen atoms in total. The van der Waals surface area contributed by atoms with E-state index in [2.05, 4.69) is 25.9 Å². The molecule has 1 aliphatic heterocycles. The van der Waals surface area contributed by atoms with E-state index >= 15 is 4.39 Å². The van der Waals surface area contributed by atoms with Crippen LogP contribution in [-0.2, 0) is 26.2 Å². The lowest BCUT2D eigenvalue weighted by atomic mass is 9.84. The molecule has 4 aromatic rings. The van der Waals surface area contributed by atoms with Crippen molar-refractivity contribution in [3.8, 4) is 0 Å². The Hall–Kier alpha value is -5.01. The van der Waals surface area contributed by atoms with E-state index in [0.717, 1.165) is 24.7 Å². The lowest BCUT2D eigenvalue weighted by molar-refractivity contribution is -0.119. The normalized spacial score (nSPS) is 18.8. The molecule has 2 fully saturated rings. The molecule has 6 rings (SSSR count). The number of pyridine rings is 2. The Bertz CT molecular complexity index is 1690. The second kappa shape index (κ2) is 15.0. The largest absolute Gasteiger partial charge is 0.448 e. The van der Waals surface area contributed by atoms with E-state index in [9.17, 15) is 18.4 Å². The summed E-state index contributed by atoms with van der Waals surface area (Å²) in [5.41, 5.74) is 7.86. The number of halogens is 3. The summed E-state index contributed by atoms with van der Waals surface area (Å²) in [6.07, 6.45) is 5.70. The highest BCUT2D eigenvalue weighted by Crippen LogP contribution is 2.44. The molecule has 3 heterocycles. The summed E-state index contributed by atoms with van der Waals surface area (Å²) in [7, 11) is 0. The maximum atomic E-state index is 15.2. The van der Waals surface area contributed by atoms with Gasteiger partial charge in [-0.05, 0) is 73.2 Å². The Kier molecular flexibility index (Phi) is 10.4. The number of rotatable bonds is 13. The van der Waals surface area contributed by atoms with Gasteiger partial charge in [0.15, 0.2) is 0 Å². The van der Waals surface area contributed by atoms with Gasteiger partial charge in [0, 0.05) is 24.2 Å². The van der Waals surface area contributed by atoms with Gasteiger partial charge < -0.3 is 31.2 Å². The van der Waals surface area contributed by atoms with Gasteiger partial charge in [0.1, 0.15) is 30.1 Å². The van der Waals surface area contributed by atoms with Crippen molar-refractivity contribution in [2.45, 2.75) is 55.3 Å². The third-order valence-electron chi connectivity index (χ3n) is 8.96. The molecule has 2 amide bonds. The number of hydrogen-bond donors (Lipinski definition) is 4. The first-order valence-corrected chi connectivity index (χ1v) is 16.1. The van der Waals surface area contributed by atoms with Crippen LogP contribution < -0.4 is 21.7 Å². The summed E-state index contributed by atoms with van der Waals surface area (Å²) < 4.78 is 54.3. The van der Waals surface area contributed by atoms with Gasteiger partial charge in [-0.25, -0.2) is 18.0 Å². The number of benzene rings is 2. The summed E-state index contributed by atoms with van der Waals surface area (Å²) in [4.78, 5) is 33.8. The average Bonchev–Trinajstić information content (AvgIpc) is 3.89. The van der Waals surface area contributed by atoms with Gasteiger partial charge in [-0.3, -0.25) is 14.8 Å². The van der Waals surface area contributed by atoms with Gasteiger partial charge in [0.2, 0.25) is 5.91 Å². The first-order chi connectivity index (χ1) is 23.7. The molecule has 49 heavy (non-hydrogen) atoms. The van der Waals surface area contributed by atoms with E-state index in [1.807, 2.05) is 18.2 Å². The molecule has 13 heteroatoms. The molecule has 2 aromatic heterocycles. The fourth-order valence-corrected chi connectivity index (χ4v) is 6.13. The quantitative estimate of drug-likeness (QED) is 0.160. The zero-order valence-electron chi connectivity index (χ0n) is 26.6. The van der Waals surface area contributed by atoms with Gasteiger partial charge in [-0.15, -0.1) is 0 Å². The lowest BCUT2D eigenvalue weighted by Gasteiger charge is -2.31. The number of nitrogens with two attached hydrogens (primary N) is 1. The number of ether oxygens (including phenoxy) is 2. The van der Waals surface area contributed by atoms with Gasteiger partial charge in [0.25, 0.3) is 0 Å². The molecule has 1 saturated heterocycles. The van der Waals surface area contributed by atoms with E-state index in [-0.39, 0.29) is 43.0 Å². The van der Waals surface area contributed by atoms with E-state index in [1.165, 1.54) is 54.7 Å². The topological polar surface area (TPSA) is 140 Å². The van der Waals surface area contributed by atoms with Gasteiger partial charge in [0.05, 0.1) is 48.1 Å². The number of amides is 2. The molecule has 256 valence electrons. The first kappa shape index (κ1) is 33.9. The number of morpholine rings is 1. The second-order valence-electron chi connectivity index (χ2n) is 12.4. The standard InChI is InChI=1S/C36H37F3N6O4/c37-24-8-4-22(5-9-24)32(23-6-10-25(38)11-7-23)33(34(40)46)44-30-19-41-18-29(39)28(30)13-12-27-17-43-26(20-48-27)21-49-35(47)45-36(14-15-36)31-3-1-2-16-42-31/h1-11,16,18-19,26-27,32-33,43-44H,12-15,17,20-21H2,(H2,40,46)(H,45,47)/t26?,27-,33+/m1/s1. The van der Waals surface area contributed by atoms with Crippen LogP contribution >= 0.6 is 0 Å². The minimum atomic E-state index is -1.12. The molecule has 2 aromatic carbocycles. The molecule has 1 saturated carbocycles. The zero-order chi connectivity index (χ0) is 34.4. The molecule has 0 radical (unpaired) electrons. The van der Waals surface area contributed by atoms with Crippen molar-refractivity contribution >= 4 is 17.7 Å². The molecule has 1 unspecified atom stereocenters. The molecular formula is C36H37F3N6O4. The smallest absolute Gasteiger partial charge is 0.407 e. The highest BCUT2D eigenvalue weighted by atomic mass is 19.1. The van der Waals surface area contributed by atoms with Gasteiger partial charge in [-0.2, -0.15) is 0 Å². The van der Waals surface area contributed by atoms with Crippen LogP contribution in [0.3, 0.4) is 0 Å². The predicted octanol–water partition coefficient (Wildman–Crippen LogP) is 4.70. The number of alkyl carbamates (subject to hydrolysis) is 1. The number of hydrogen-bond acceptors (Lipinski definition) is 8. The van der Waals surface area contributed by atoms with Crippen molar-refractivity contribution in [2.75, 3.05) is 25.1 Å². The Morgan fingerprint density at radius 2 is 1.69 bits per heavy atom. The summed E-state index contributed by atoms with van der Waals surface area (Å²) in [6, 6.07) is 15.4. The van der Waals surface area contributed by atoms with Crippen LogP contribution in [0.2, 0.25) is 0 Å². The summed E-state index contributed by atoms with van der Waals surface area (Å²) >= 11 is 0. The maximum Gasteiger partial charge on any atom is 0.407 e. The lowest BCUT2D eigenvalue weighted by Crippen LogP contribution is -2.49. The van der Waals surface area contributed by atoms with E-state index in [0.29, 0.717) is 24.1 Å². The van der Waals surface area contributed by atoms with Crippen molar-refractivity contribution in [3.05, 3.63) is 125 Å². The van der Waals surface area contributed by atoms with Gasteiger partial charge in [-0.1, -0.05) is 30.3 Å². The van der Waals surface area contributed by atoms with Crippen molar-refractivity contribution in [3.63, 3.8) is 0 Å². The maximum absolute atomic E-state index is 15.2. The molecule has 2 aliphatic rings. The first-order valence-electron chi connectivity index (χ1n) is 16.1. The summed E-state index contributed by atoms with van der Waals surface area (Å²) in [5.74, 6) is -3.01. The van der Waals surface area contributed by atoms with E-state index in [1.54, 1.807) is 6.20 Å². The summed E-state index contributed by atoms with van der Waals surface area (Å²) in [6.45, 7) is 0.847. The van der Waals surface area contributed by atoms with Crippen LogP contribution in [0.25, 0.3) is 0 Å². The van der Waals surface area contributed by atoms with Crippen molar-refractivity contribution in [1.82, 2.24) is 20.6 Å². The van der Waals surface area contributed by atoms with Crippen LogP contribution in [0.15, 0.2) is 85.3 Å². The van der Waals surface area contributed by atoms with Crippen molar-refractivity contribution in [2.24, 2.45) is 5.73 Å². The monoisotopic (exact) mass is 674 g/mol. The number of nitrogens with zero attached hydrogens (tertiary/aromatic N) is 2. The minimum Gasteiger partial charge on any atom is -0.448 e. The Balaban J connectivity index is 1.06. The molecule has 0 spiro atoms. The number of aromatic nitrogens is 2. The van der Waals surface area contributed by atoms with Crippen LogP contribution in [0.4, 0.5) is 23.7 Å². The Morgan fingerprint density at radius 1 is 1.00 bits per heavy atom. The van der Waals surface area contributed by atoms with Crippen LogP contribution in [0.1, 0.15) is 47.6 Å². The number of carbonyl (C=O) groups excluding carboxylic acids is 2. The molecule has 1 aliphatic carbocycles. The van der Waals surface area contributed by atoms with E-state index in [4.69, 9.17) is 15.2 Å². The highest BCUT2D eigenvalue weighted by molar-refractivity contribution is 5.85. The number of primary amides is 1. The number of carbonyl (C=O) groups is 2. The molecule has 3 atom stereocenters. The van der Waals surface area contributed by atoms with Crippen LogP contribution in [0, 0.1) is 17.5 Å². The van der Waals surface area contributed by atoms with Gasteiger partial charge >= 0.3 is 6.09 Å². The van der Waals surface area contributed by atoms with Crippen LogP contribution in [0.5, 0.6) is 0 Å². The predicted molar refractivity (Wildman–Crippen MR) is 175 cm³/mol.